The molecule has 0 aliphatic heterocycles. The molecule has 0 aliphatic carbocycles. The van der Waals surface area contributed by atoms with Gasteiger partial charge in [-0.15, -0.1) is 0 Å². The van der Waals surface area contributed by atoms with Crippen molar-refractivity contribution in [2.45, 2.75) is 64.3 Å². The molecule has 0 spiro atoms. The summed E-state index contributed by atoms with van der Waals surface area (Å²) in [6.07, 6.45) is 6.79. The summed E-state index contributed by atoms with van der Waals surface area (Å²) in [6.45, 7) is 8.11. The Balaban J connectivity index is 2.15. The van der Waals surface area contributed by atoms with Gasteiger partial charge in [0, 0.05) is 13.2 Å². The number of benzene rings is 2. The largest absolute Gasteiger partial charge is 0.407 e. The molecule has 0 saturated heterocycles. The molecule has 2 aromatic rings. The van der Waals surface area contributed by atoms with Gasteiger partial charge in [-0.05, 0) is 28.3 Å². The van der Waals surface area contributed by atoms with Crippen molar-refractivity contribution >= 4 is 18.7 Å². The van der Waals surface area contributed by atoms with Gasteiger partial charge in [0.25, 0.3) is 8.32 Å². The molecule has 0 heterocycles. The minimum atomic E-state index is -2.36. The Kier molecular flexibility index (Phi) is 8.74. The Morgan fingerprint density at radius 1 is 0.704 bits per heavy atom. The van der Waals surface area contributed by atoms with Gasteiger partial charge >= 0.3 is 0 Å². The number of aliphatic hydroxyl groups excluding tert-OH is 1. The first-order chi connectivity index (χ1) is 13.0. The highest BCUT2D eigenvalue weighted by molar-refractivity contribution is 6.99. The molecule has 2 aromatic carbocycles. The number of aliphatic hydroxyl groups is 1. The normalized spacial score (nSPS) is 12.3. The summed E-state index contributed by atoms with van der Waals surface area (Å²) in [5, 5.41) is 11.6. The van der Waals surface area contributed by atoms with Crippen LogP contribution in [-0.4, -0.2) is 26.6 Å². The fourth-order valence-corrected chi connectivity index (χ4v) is 8.51. The second-order valence-electron chi connectivity index (χ2n) is 8.36. The monoisotopic (exact) mass is 384 g/mol. The summed E-state index contributed by atoms with van der Waals surface area (Å²) in [6, 6.07) is 21.7. The summed E-state index contributed by atoms with van der Waals surface area (Å²) in [5.74, 6) is 0. The number of hydrogen-bond acceptors (Lipinski definition) is 2. The summed E-state index contributed by atoms with van der Waals surface area (Å²) in [4.78, 5) is 0. The van der Waals surface area contributed by atoms with Gasteiger partial charge in [-0.2, -0.15) is 0 Å². The predicted octanol–water partition coefficient (Wildman–Crippen LogP) is 4.90. The predicted molar refractivity (Wildman–Crippen MR) is 118 cm³/mol. The lowest BCUT2D eigenvalue weighted by atomic mass is 10.1. The lowest BCUT2D eigenvalue weighted by molar-refractivity contribution is 0.277. The van der Waals surface area contributed by atoms with Crippen LogP contribution in [0.4, 0.5) is 0 Å². The molecule has 0 radical (unpaired) electrons. The van der Waals surface area contributed by atoms with Crippen molar-refractivity contribution in [3.05, 3.63) is 60.7 Å². The third-order valence-corrected chi connectivity index (χ3v) is 10.3. The molecule has 2 rings (SSSR count). The van der Waals surface area contributed by atoms with E-state index in [-0.39, 0.29) is 5.04 Å². The van der Waals surface area contributed by atoms with Crippen LogP contribution in [0.15, 0.2) is 60.7 Å². The van der Waals surface area contributed by atoms with Crippen molar-refractivity contribution in [3.63, 3.8) is 0 Å². The highest BCUT2D eigenvalue weighted by Gasteiger charge is 2.49. The van der Waals surface area contributed by atoms with Crippen molar-refractivity contribution < 1.29 is 9.53 Å². The smallest absolute Gasteiger partial charge is 0.261 e. The van der Waals surface area contributed by atoms with Crippen LogP contribution in [0, 0.1) is 0 Å². The highest BCUT2D eigenvalue weighted by Crippen LogP contribution is 2.36. The minimum absolute atomic E-state index is 0.0524. The second kappa shape index (κ2) is 10.8. The van der Waals surface area contributed by atoms with Gasteiger partial charge in [-0.1, -0.05) is 107 Å². The molecule has 2 nitrogen and oxygen atoms in total. The van der Waals surface area contributed by atoms with E-state index in [1.165, 1.54) is 29.6 Å². The van der Waals surface area contributed by atoms with E-state index >= 15 is 0 Å². The number of unbranched alkanes of at least 4 members (excludes halogenated alkanes) is 5. The molecule has 0 atom stereocenters. The SMILES string of the molecule is CC(C)(C)[Si](OCCCCCCCCO)(c1ccccc1)c1ccccc1. The number of hydrogen-bond donors (Lipinski definition) is 1. The molecule has 0 saturated carbocycles. The van der Waals surface area contributed by atoms with Gasteiger partial charge in [0.2, 0.25) is 0 Å². The van der Waals surface area contributed by atoms with E-state index in [0.29, 0.717) is 6.61 Å². The van der Waals surface area contributed by atoms with Crippen molar-refractivity contribution in [1.82, 2.24) is 0 Å². The Morgan fingerprint density at radius 2 is 1.15 bits per heavy atom. The molecule has 0 fully saturated rings. The molecular weight excluding hydrogens is 348 g/mol. The Labute approximate surface area is 166 Å². The Bertz CT molecular complexity index is 595. The van der Waals surface area contributed by atoms with Gasteiger partial charge < -0.3 is 9.53 Å². The summed E-state index contributed by atoms with van der Waals surface area (Å²) in [7, 11) is -2.36. The number of rotatable bonds is 11. The van der Waals surface area contributed by atoms with E-state index in [2.05, 4.69) is 81.4 Å². The molecule has 0 bridgehead atoms. The molecule has 148 valence electrons. The third kappa shape index (κ3) is 5.77. The van der Waals surface area contributed by atoms with Crippen molar-refractivity contribution in [1.29, 1.82) is 0 Å². The first kappa shape index (κ1) is 21.9. The van der Waals surface area contributed by atoms with E-state index < -0.39 is 8.32 Å². The zero-order valence-corrected chi connectivity index (χ0v) is 18.3. The lowest BCUT2D eigenvalue weighted by Gasteiger charge is -2.43. The van der Waals surface area contributed by atoms with E-state index in [1.807, 2.05) is 0 Å². The maximum absolute atomic E-state index is 8.87. The lowest BCUT2D eigenvalue weighted by Crippen LogP contribution is -2.66. The molecule has 27 heavy (non-hydrogen) atoms. The zero-order chi connectivity index (χ0) is 19.6. The first-order valence-corrected chi connectivity index (χ1v) is 12.3. The van der Waals surface area contributed by atoms with E-state index in [4.69, 9.17) is 9.53 Å². The van der Waals surface area contributed by atoms with Crippen LogP contribution in [0.5, 0.6) is 0 Å². The van der Waals surface area contributed by atoms with Crippen LogP contribution >= 0.6 is 0 Å². The summed E-state index contributed by atoms with van der Waals surface area (Å²) < 4.78 is 6.89. The summed E-state index contributed by atoms with van der Waals surface area (Å²) in [5.41, 5.74) is 0. The van der Waals surface area contributed by atoms with E-state index in [0.717, 1.165) is 25.9 Å². The zero-order valence-electron chi connectivity index (χ0n) is 17.3. The molecule has 0 unspecified atom stereocenters. The topological polar surface area (TPSA) is 29.5 Å². The first-order valence-electron chi connectivity index (χ1n) is 10.4. The van der Waals surface area contributed by atoms with Gasteiger partial charge in [0.05, 0.1) is 0 Å². The average Bonchev–Trinajstić information content (AvgIpc) is 2.67. The van der Waals surface area contributed by atoms with Crippen LogP contribution in [0.1, 0.15) is 59.3 Å². The van der Waals surface area contributed by atoms with Crippen LogP contribution in [0.2, 0.25) is 5.04 Å². The molecule has 3 heteroatoms. The van der Waals surface area contributed by atoms with Crippen molar-refractivity contribution in [2.24, 2.45) is 0 Å². The van der Waals surface area contributed by atoms with E-state index in [1.54, 1.807) is 0 Å². The standard InChI is InChI=1S/C24H36O2Si/c1-24(2,3)27(22-16-10-8-11-17-22,23-18-12-9-13-19-23)26-21-15-7-5-4-6-14-20-25/h8-13,16-19,25H,4-7,14-15,20-21H2,1-3H3. The van der Waals surface area contributed by atoms with Crippen molar-refractivity contribution in [2.75, 3.05) is 13.2 Å². The quantitative estimate of drug-likeness (QED) is 0.441. The van der Waals surface area contributed by atoms with Crippen LogP contribution in [0.25, 0.3) is 0 Å². The maximum atomic E-state index is 8.87. The van der Waals surface area contributed by atoms with Gasteiger partial charge in [0.1, 0.15) is 0 Å². The summed E-state index contributed by atoms with van der Waals surface area (Å²) >= 11 is 0. The van der Waals surface area contributed by atoms with Gasteiger partial charge in [0.15, 0.2) is 0 Å². The maximum Gasteiger partial charge on any atom is 0.261 e. The fourth-order valence-electron chi connectivity index (χ4n) is 3.91. The average molecular weight is 385 g/mol. The molecule has 0 aliphatic rings. The molecular formula is C24H36O2Si. The van der Waals surface area contributed by atoms with Gasteiger partial charge in [-0.3, -0.25) is 0 Å². The molecule has 1 N–H and O–H groups in total. The fraction of sp³-hybridized carbons (Fsp3) is 0.500. The minimum Gasteiger partial charge on any atom is -0.407 e. The Hall–Kier alpha value is -1.42. The van der Waals surface area contributed by atoms with E-state index in [9.17, 15) is 0 Å². The van der Waals surface area contributed by atoms with Gasteiger partial charge in [-0.25, -0.2) is 0 Å². The van der Waals surface area contributed by atoms with Crippen LogP contribution in [-0.2, 0) is 4.43 Å². The van der Waals surface area contributed by atoms with Crippen LogP contribution in [0.3, 0.4) is 0 Å². The Morgan fingerprint density at radius 3 is 1.59 bits per heavy atom. The highest BCUT2D eigenvalue weighted by atomic mass is 28.4. The van der Waals surface area contributed by atoms with Crippen LogP contribution < -0.4 is 10.4 Å². The second-order valence-corrected chi connectivity index (χ2v) is 12.7. The molecule has 0 aromatic heterocycles. The molecule has 0 amide bonds. The van der Waals surface area contributed by atoms with Crippen molar-refractivity contribution in [3.8, 4) is 0 Å². The third-order valence-electron chi connectivity index (χ3n) is 5.29.